The van der Waals surface area contributed by atoms with Gasteiger partial charge in [-0.25, -0.2) is 0 Å². The van der Waals surface area contributed by atoms with E-state index in [2.05, 4.69) is 20.5 Å². The third-order valence-corrected chi connectivity index (χ3v) is 3.77. The molecular weight excluding hydrogens is 288 g/mol. The Morgan fingerprint density at radius 2 is 1.96 bits per heavy atom. The van der Waals surface area contributed by atoms with Gasteiger partial charge >= 0.3 is 0 Å². The van der Waals surface area contributed by atoms with Crippen LogP contribution in [0.4, 0.5) is 5.69 Å². The highest BCUT2D eigenvalue weighted by Gasteiger charge is 2.12. The predicted molar refractivity (Wildman–Crippen MR) is 90.3 cm³/mol. The topological polar surface area (TPSA) is 73.6 Å². The maximum Gasteiger partial charge on any atom is 0.257 e. The number of benzene rings is 2. The number of para-hydroxylation sites is 1. The Morgan fingerprint density at radius 3 is 2.83 bits per heavy atom. The van der Waals surface area contributed by atoms with Crippen LogP contribution in [0, 0.1) is 0 Å². The van der Waals surface area contributed by atoms with E-state index < -0.39 is 0 Å². The molecule has 112 valence electrons. The second kappa shape index (κ2) is 5.46. The zero-order chi connectivity index (χ0) is 15.6. The van der Waals surface area contributed by atoms with Gasteiger partial charge in [0.05, 0.1) is 11.3 Å². The number of nitrogens with one attached hydrogen (secondary N) is 3. The molecule has 0 atom stereocenters. The van der Waals surface area contributed by atoms with Gasteiger partial charge in [-0.05, 0) is 24.3 Å². The minimum atomic E-state index is -0.135. The normalized spacial score (nSPS) is 10.8. The van der Waals surface area contributed by atoms with E-state index in [-0.39, 0.29) is 5.91 Å². The van der Waals surface area contributed by atoms with Crippen LogP contribution in [-0.4, -0.2) is 21.1 Å². The van der Waals surface area contributed by atoms with Crippen molar-refractivity contribution in [1.82, 2.24) is 15.2 Å². The molecule has 5 heteroatoms. The van der Waals surface area contributed by atoms with Gasteiger partial charge in [-0.15, -0.1) is 0 Å². The minimum Gasteiger partial charge on any atom is -0.360 e. The second-order valence-corrected chi connectivity index (χ2v) is 5.25. The number of H-pyrrole nitrogens is 2. The summed E-state index contributed by atoms with van der Waals surface area (Å²) in [5, 5.41) is 10.7. The van der Waals surface area contributed by atoms with Gasteiger partial charge in [-0.2, -0.15) is 5.10 Å². The van der Waals surface area contributed by atoms with Gasteiger partial charge in [0.15, 0.2) is 0 Å². The Balaban J connectivity index is 1.63. The summed E-state index contributed by atoms with van der Waals surface area (Å²) in [7, 11) is 0. The van der Waals surface area contributed by atoms with E-state index in [1.807, 2.05) is 54.6 Å². The maximum absolute atomic E-state index is 12.5. The van der Waals surface area contributed by atoms with Crippen molar-refractivity contribution in [2.24, 2.45) is 0 Å². The molecule has 0 unspecified atom stereocenters. The molecule has 23 heavy (non-hydrogen) atoms. The predicted octanol–water partition coefficient (Wildman–Crippen LogP) is 3.81. The fraction of sp³-hybridized carbons (Fsp3) is 0. The molecule has 0 radical (unpaired) electrons. The van der Waals surface area contributed by atoms with Crippen LogP contribution < -0.4 is 5.32 Å². The largest absolute Gasteiger partial charge is 0.360 e. The molecule has 0 aliphatic rings. The van der Waals surface area contributed by atoms with Gasteiger partial charge in [0.1, 0.15) is 0 Å². The average Bonchev–Trinajstić information content (AvgIpc) is 3.25. The highest BCUT2D eigenvalue weighted by atomic mass is 16.1. The quantitative estimate of drug-likeness (QED) is 0.538. The van der Waals surface area contributed by atoms with E-state index in [4.69, 9.17) is 0 Å². The molecule has 0 saturated carbocycles. The van der Waals surface area contributed by atoms with Crippen LogP contribution in [0.15, 0.2) is 67.0 Å². The standard InChI is InChI=1S/C18H14N4O/c23-18(15-11-19-17-7-2-1-6-14(15)17)21-13-5-3-4-12(10-13)16-8-9-20-22-16/h1-11,19H,(H,20,22)(H,21,23). The molecule has 2 aromatic carbocycles. The summed E-state index contributed by atoms with van der Waals surface area (Å²) in [6.07, 6.45) is 3.44. The van der Waals surface area contributed by atoms with Gasteiger partial charge in [0.25, 0.3) is 5.91 Å². The smallest absolute Gasteiger partial charge is 0.257 e. The van der Waals surface area contributed by atoms with Crippen molar-refractivity contribution in [2.45, 2.75) is 0 Å². The van der Waals surface area contributed by atoms with E-state index in [9.17, 15) is 4.79 Å². The third kappa shape index (κ3) is 2.48. The van der Waals surface area contributed by atoms with Crippen molar-refractivity contribution in [2.75, 3.05) is 5.32 Å². The van der Waals surface area contributed by atoms with Crippen molar-refractivity contribution in [3.63, 3.8) is 0 Å². The summed E-state index contributed by atoms with van der Waals surface area (Å²) in [6.45, 7) is 0. The van der Waals surface area contributed by atoms with Crippen LogP contribution in [0.25, 0.3) is 22.2 Å². The van der Waals surface area contributed by atoms with Crippen LogP contribution in [0.2, 0.25) is 0 Å². The highest BCUT2D eigenvalue weighted by molar-refractivity contribution is 6.12. The fourth-order valence-electron chi connectivity index (χ4n) is 2.64. The Hall–Kier alpha value is -3.34. The third-order valence-electron chi connectivity index (χ3n) is 3.77. The summed E-state index contributed by atoms with van der Waals surface area (Å²) < 4.78 is 0. The number of nitrogens with zero attached hydrogens (tertiary/aromatic N) is 1. The lowest BCUT2D eigenvalue weighted by molar-refractivity contribution is 0.102. The van der Waals surface area contributed by atoms with Crippen LogP contribution in [0.3, 0.4) is 0 Å². The first-order valence-electron chi connectivity index (χ1n) is 7.28. The lowest BCUT2D eigenvalue weighted by atomic mass is 10.1. The molecule has 5 nitrogen and oxygen atoms in total. The number of carbonyl (C=O) groups is 1. The summed E-state index contributed by atoms with van der Waals surface area (Å²) in [4.78, 5) is 15.7. The Kier molecular flexibility index (Phi) is 3.16. The molecule has 4 aromatic rings. The maximum atomic E-state index is 12.5. The molecule has 1 amide bonds. The molecule has 0 fully saturated rings. The molecule has 3 N–H and O–H groups in total. The van der Waals surface area contributed by atoms with Crippen molar-refractivity contribution < 1.29 is 4.79 Å². The van der Waals surface area contributed by atoms with E-state index in [0.29, 0.717) is 5.56 Å². The first-order valence-corrected chi connectivity index (χ1v) is 7.28. The van der Waals surface area contributed by atoms with Gasteiger partial charge in [-0.1, -0.05) is 30.3 Å². The van der Waals surface area contributed by atoms with Crippen molar-refractivity contribution in [3.8, 4) is 11.3 Å². The molecule has 0 spiro atoms. The molecule has 0 saturated heterocycles. The lowest BCUT2D eigenvalue weighted by Crippen LogP contribution is -2.11. The number of hydrogen-bond donors (Lipinski definition) is 3. The Bertz CT molecular complexity index is 970. The Labute approximate surface area is 132 Å². The number of amides is 1. The molecule has 0 bridgehead atoms. The van der Waals surface area contributed by atoms with Gasteiger partial charge < -0.3 is 10.3 Å². The summed E-state index contributed by atoms with van der Waals surface area (Å²) in [5.41, 5.74) is 4.20. The molecule has 0 aliphatic carbocycles. The molecule has 2 heterocycles. The fourth-order valence-corrected chi connectivity index (χ4v) is 2.64. The number of rotatable bonds is 3. The SMILES string of the molecule is O=C(Nc1cccc(-c2ccn[nH]2)c1)c1c[nH]c2ccccc12. The molecular formula is C18H14N4O. The summed E-state index contributed by atoms with van der Waals surface area (Å²) >= 11 is 0. The van der Waals surface area contributed by atoms with E-state index in [1.165, 1.54) is 0 Å². The van der Waals surface area contributed by atoms with Crippen LogP contribution in [0.1, 0.15) is 10.4 Å². The second-order valence-electron chi connectivity index (χ2n) is 5.25. The monoisotopic (exact) mass is 302 g/mol. The average molecular weight is 302 g/mol. The van der Waals surface area contributed by atoms with Crippen molar-refractivity contribution in [1.29, 1.82) is 0 Å². The van der Waals surface area contributed by atoms with Crippen LogP contribution in [0.5, 0.6) is 0 Å². The van der Waals surface area contributed by atoms with Crippen LogP contribution in [-0.2, 0) is 0 Å². The number of aromatic nitrogens is 3. The number of anilines is 1. The Morgan fingerprint density at radius 1 is 1.04 bits per heavy atom. The highest BCUT2D eigenvalue weighted by Crippen LogP contribution is 2.22. The summed E-state index contributed by atoms with van der Waals surface area (Å²) in [5.74, 6) is -0.135. The van der Waals surface area contributed by atoms with Gasteiger partial charge in [0.2, 0.25) is 0 Å². The first-order chi connectivity index (χ1) is 11.3. The molecule has 4 rings (SSSR count). The van der Waals surface area contributed by atoms with E-state index >= 15 is 0 Å². The van der Waals surface area contributed by atoms with E-state index in [0.717, 1.165) is 27.8 Å². The molecule has 0 aliphatic heterocycles. The number of carbonyl (C=O) groups excluding carboxylic acids is 1. The summed E-state index contributed by atoms with van der Waals surface area (Å²) in [6, 6.07) is 17.3. The number of aromatic amines is 2. The van der Waals surface area contributed by atoms with Gasteiger partial charge in [0, 0.05) is 34.5 Å². The van der Waals surface area contributed by atoms with Crippen LogP contribution >= 0.6 is 0 Å². The van der Waals surface area contributed by atoms with Gasteiger partial charge in [-0.3, -0.25) is 9.89 Å². The molecule has 2 aromatic heterocycles. The zero-order valence-corrected chi connectivity index (χ0v) is 12.2. The first kappa shape index (κ1) is 13.3. The van der Waals surface area contributed by atoms with Crippen molar-refractivity contribution in [3.05, 3.63) is 72.6 Å². The number of hydrogen-bond acceptors (Lipinski definition) is 2. The van der Waals surface area contributed by atoms with Crippen molar-refractivity contribution >= 4 is 22.5 Å². The minimum absolute atomic E-state index is 0.135. The number of fused-ring (bicyclic) bond motifs is 1. The van der Waals surface area contributed by atoms with E-state index in [1.54, 1.807) is 12.4 Å². The lowest BCUT2D eigenvalue weighted by Gasteiger charge is -2.06. The zero-order valence-electron chi connectivity index (χ0n) is 12.2.